The fourth-order valence-corrected chi connectivity index (χ4v) is 3.91. The third-order valence-electron chi connectivity index (χ3n) is 5.64. The minimum Gasteiger partial charge on any atom is -0.386 e. The van der Waals surface area contributed by atoms with E-state index >= 15 is 0 Å². The lowest BCUT2D eigenvalue weighted by molar-refractivity contribution is -0.155. The number of hydrogen-bond donors (Lipinski definition) is 2. The summed E-state index contributed by atoms with van der Waals surface area (Å²) in [5.41, 5.74) is 2.64. The van der Waals surface area contributed by atoms with Crippen molar-refractivity contribution in [2.24, 2.45) is 7.05 Å². The van der Waals surface area contributed by atoms with E-state index in [4.69, 9.17) is 4.74 Å². The second-order valence-electron chi connectivity index (χ2n) is 8.01. The van der Waals surface area contributed by atoms with Crippen LogP contribution in [-0.2, 0) is 23.1 Å². The van der Waals surface area contributed by atoms with Crippen LogP contribution in [0.4, 0.5) is 10.1 Å². The lowest BCUT2D eigenvalue weighted by Crippen LogP contribution is -2.51. The van der Waals surface area contributed by atoms with Crippen LogP contribution < -0.4 is 5.32 Å². The maximum absolute atomic E-state index is 14.1. The van der Waals surface area contributed by atoms with Crippen LogP contribution in [0, 0.1) is 12.7 Å². The van der Waals surface area contributed by atoms with Gasteiger partial charge in [0.2, 0.25) is 5.91 Å². The van der Waals surface area contributed by atoms with Gasteiger partial charge in [0.25, 0.3) is 5.91 Å². The molecule has 2 N–H and O–H groups in total. The van der Waals surface area contributed by atoms with Crippen molar-refractivity contribution >= 4 is 17.5 Å². The molecule has 0 aliphatic carbocycles. The van der Waals surface area contributed by atoms with Gasteiger partial charge in [-0.3, -0.25) is 14.3 Å². The highest BCUT2D eigenvalue weighted by Gasteiger charge is 2.35. The smallest absolute Gasteiger partial charge is 0.273 e. The van der Waals surface area contributed by atoms with Gasteiger partial charge < -0.3 is 20.1 Å². The predicted octanol–water partition coefficient (Wildman–Crippen LogP) is 2.58. The Hall–Kier alpha value is -3.56. The average molecular weight is 452 g/mol. The first-order valence-corrected chi connectivity index (χ1v) is 10.5. The summed E-state index contributed by atoms with van der Waals surface area (Å²) in [5, 5.41) is 18.0. The molecule has 2 amide bonds. The second-order valence-corrected chi connectivity index (χ2v) is 8.01. The number of rotatable bonds is 6. The monoisotopic (exact) mass is 452 g/mol. The minimum atomic E-state index is -1.05. The number of aliphatic hydroxyl groups excluding tert-OH is 1. The van der Waals surface area contributed by atoms with Crippen molar-refractivity contribution in [2.45, 2.75) is 25.6 Å². The molecule has 9 heteroatoms. The average Bonchev–Trinajstić information content (AvgIpc) is 3.14. The Morgan fingerprint density at radius 3 is 2.67 bits per heavy atom. The van der Waals surface area contributed by atoms with E-state index in [-0.39, 0.29) is 31.6 Å². The van der Waals surface area contributed by atoms with Gasteiger partial charge in [-0.1, -0.05) is 30.3 Å². The first-order chi connectivity index (χ1) is 15.8. The van der Waals surface area contributed by atoms with Crippen LogP contribution in [0.2, 0.25) is 0 Å². The van der Waals surface area contributed by atoms with Crippen molar-refractivity contribution in [3.63, 3.8) is 0 Å². The zero-order chi connectivity index (χ0) is 23.5. The first kappa shape index (κ1) is 22.6. The topological polar surface area (TPSA) is 96.7 Å². The molecule has 0 bridgehead atoms. The zero-order valence-corrected chi connectivity index (χ0v) is 18.4. The number of hydrogen-bond acceptors (Lipinski definition) is 5. The summed E-state index contributed by atoms with van der Waals surface area (Å²) in [6, 6.07) is 14.0. The summed E-state index contributed by atoms with van der Waals surface area (Å²) in [4.78, 5) is 26.4. The largest absolute Gasteiger partial charge is 0.386 e. The van der Waals surface area contributed by atoms with Crippen molar-refractivity contribution in [3.8, 4) is 0 Å². The summed E-state index contributed by atoms with van der Waals surface area (Å²) in [6.07, 6.45) is -1.05. The molecule has 1 aromatic heterocycles. The van der Waals surface area contributed by atoms with Crippen molar-refractivity contribution < 1.29 is 23.8 Å². The molecule has 33 heavy (non-hydrogen) atoms. The van der Waals surface area contributed by atoms with E-state index in [2.05, 4.69) is 10.4 Å². The van der Waals surface area contributed by atoms with Gasteiger partial charge in [-0.05, 0) is 36.8 Å². The molecule has 0 spiro atoms. The van der Waals surface area contributed by atoms with Crippen molar-refractivity contribution in [1.82, 2.24) is 14.7 Å². The van der Waals surface area contributed by atoms with Crippen LogP contribution in [0.25, 0.3) is 0 Å². The van der Waals surface area contributed by atoms with Gasteiger partial charge in [0.1, 0.15) is 24.2 Å². The van der Waals surface area contributed by atoms with Crippen molar-refractivity contribution in [3.05, 3.63) is 82.9 Å². The van der Waals surface area contributed by atoms with Gasteiger partial charge in [0.15, 0.2) is 0 Å². The van der Waals surface area contributed by atoms with Gasteiger partial charge in [-0.15, -0.1) is 0 Å². The van der Waals surface area contributed by atoms with E-state index < -0.39 is 18.0 Å². The quantitative estimate of drug-likeness (QED) is 0.599. The van der Waals surface area contributed by atoms with Crippen LogP contribution in [0.15, 0.2) is 54.6 Å². The third kappa shape index (κ3) is 4.94. The molecule has 1 aliphatic heterocycles. The van der Waals surface area contributed by atoms with Crippen LogP contribution in [0.1, 0.15) is 33.4 Å². The Kier molecular flexibility index (Phi) is 6.52. The molecule has 172 valence electrons. The van der Waals surface area contributed by atoms with Crippen LogP contribution in [0.3, 0.4) is 0 Å². The number of nitrogens with one attached hydrogen (secondary N) is 1. The van der Waals surface area contributed by atoms with E-state index in [1.165, 1.54) is 15.6 Å². The molecule has 0 saturated carbocycles. The number of carbonyl (C=O) groups excluding carboxylic acids is 2. The maximum Gasteiger partial charge on any atom is 0.273 e. The Bertz CT molecular complexity index is 1160. The summed E-state index contributed by atoms with van der Waals surface area (Å²) < 4.78 is 21.0. The fourth-order valence-electron chi connectivity index (χ4n) is 3.91. The number of amides is 2. The molecule has 2 aromatic carbocycles. The molecule has 2 heterocycles. The molecule has 1 saturated heterocycles. The molecule has 4 rings (SSSR count). The predicted molar refractivity (Wildman–Crippen MR) is 119 cm³/mol. The molecule has 2 unspecified atom stereocenters. The molecule has 3 aromatic rings. The Labute approximate surface area is 190 Å². The number of carbonyl (C=O) groups is 2. The van der Waals surface area contributed by atoms with Crippen LogP contribution in [-0.4, -0.2) is 50.9 Å². The van der Waals surface area contributed by atoms with Crippen molar-refractivity contribution in [2.75, 3.05) is 18.5 Å². The number of ether oxygens (including phenoxy) is 1. The number of morpholine rings is 1. The van der Waals surface area contributed by atoms with E-state index in [0.717, 1.165) is 5.69 Å². The number of halogens is 1. The highest BCUT2D eigenvalue weighted by atomic mass is 19.1. The minimum absolute atomic E-state index is 0.0366. The highest BCUT2D eigenvalue weighted by Crippen LogP contribution is 2.27. The normalized spacial score (nSPS) is 17.2. The van der Waals surface area contributed by atoms with Gasteiger partial charge in [-0.25, -0.2) is 4.39 Å². The molecule has 2 atom stereocenters. The van der Waals surface area contributed by atoms with E-state index in [1.54, 1.807) is 55.6 Å². The van der Waals surface area contributed by atoms with E-state index in [1.807, 2.05) is 6.92 Å². The summed E-state index contributed by atoms with van der Waals surface area (Å²) in [6.45, 7) is 1.85. The molecule has 8 nitrogen and oxygen atoms in total. The van der Waals surface area contributed by atoms with Crippen LogP contribution in [0.5, 0.6) is 0 Å². The first-order valence-electron chi connectivity index (χ1n) is 10.5. The van der Waals surface area contributed by atoms with Gasteiger partial charge in [0, 0.05) is 24.8 Å². The number of aryl methyl sites for hydroxylation is 2. The number of aromatic nitrogens is 2. The lowest BCUT2D eigenvalue weighted by atomic mass is 9.99. The summed E-state index contributed by atoms with van der Waals surface area (Å²) >= 11 is 0. The number of benzene rings is 2. The van der Waals surface area contributed by atoms with Gasteiger partial charge in [0.05, 0.1) is 18.3 Å². The zero-order valence-electron chi connectivity index (χ0n) is 18.4. The number of anilines is 1. The number of nitrogens with zero attached hydrogens (tertiary/aromatic N) is 3. The Morgan fingerprint density at radius 1 is 1.27 bits per heavy atom. The molecular weight excluding hydrogens is 427 g/mol. The highest BCUT2D eigenvalue weighted by molar-refractivity contribution is 6.03. The Balaban J connectivity index is 1.48. The molecular formula is C24H25FN4O4. The summed E-state index contributed by atoms with van der Waals surface area (Å²) in [5.74, 6) is -1.02. The molecule has 0 radical (unpaired) electrons. The SMILES string of the molecule is Cc1cc(C(=O)Nc2ccc(C(O)C3COCC(=O)N3Cc3ccccc3F)cc2)n(C)n1. The lowest BCUT2D eigenvalue weighted by Gasteiger charge is -2.38. The van der Waals surface area contributed by atoms with Gasteiger partial charge in [-0.2, -0.15) is 5.10 Å². The molecule has 1 fully saturated rings. The molecule has 1 aliphatic rings. The van der Waals surface area contributed by atoms with Crippen molar-refractivity contribution in [1.29, 1.82) is 0 Å². The van der Waals surface area contributed by atoms with Crippen LogP contribution >= 0.6 is 0 Å². The second kappa shape index (κ2) is 9.51. The maximum atomic E-state index is 14.1. The van der Waals surface area contributed by atoms with E-state index in [9.17, 15) is 19.1 Å². The van der Waals surface area contributed by atoms with E-state index in [0.29, 0.717) is 22.5 Å². The number of aliphatic hydroxyl groups is 1. The standard InChI is InChI=1S/C24H25FN4O4/c1-15-11-20(28(2)27-15)24(32)26-18-9-7-16(8-10-18)23(31)21-13-33-14-22(30)29(21)12-17-5-3-4-6-19(17)25/h3-11,21,23,31H,12-14H2,1-2H3,(H,26,32). The van der Waals surface area contributed by atoms with Gasteiger partial charge >= 0.3 is 0 Å². The fraction of sp³-hybridized carbons (Fsp3) is 0.292. The third-order valence-corrected chi connectivity index (χ3v) is 5.64. The Morgan fingerprint density at radius 2 is 2.00 bits per heavy atom. The summed E-state index contributed by atoms with van der Waals surface area (Å²) in [7, 11) is 1.70.